The predicted molar refractivity (Wildman–Crippen MR) is 106 cm³/mol. The van der Waals surface area contributed by atoms with E-state index >= 15 is 0 Å². The number of benzene rings is 2. The van der Waals surface area contributed by atoms with Crippen LogP contribution in [0.5, 0.6) is 0 Å². The van der Waals surface area contributed by atoms with Crippen molar-refractivity contribution in [2.75, 3.05) is 12.3 Å². The van der Waals surface area contributed by atoms with E-state index in [1.807, 2.05) is 30.2 Å². The zero-order chi connectivity index (χ0) is 17.3. The average molecular weight is 350 g/mol. The Morgan fingerprint density at radius 2 is 1.76 bits per heavy atom. The minimum absolute atomic E-state index is 0.595. The molecule has 0 bridgehead atoms. The van der Waals surface area contributed by atoms with E-state index in [2.05, 4.69) is 64.9 Å². The number of nitrogens with one attached hydrogen (secondary N) is 1. The molecule has 4 heteroatoms. The summed E-state index contributed by atoms with van der Waals surface area (Å²) in [5.74, 6) is 1.03. The van der Waals surface area contributed by atoms with Crippen molar-refractivity contribution in [3.63, 3.8) is 0 Å². The number of hydrogen-bond donors (Lipinski definition) is 2. The van der Waals surface area contributed by atoms with Gasteiger partial charge in [0.05, 0.1) is 0 Å². The molecular weight excluding hydrogens is 326 g/mol. The predicted octanol–water partition coefficient (Wildman–Crippen LogP) is 4.09. The van der Waals surface area contributed by atoms with Gasteiger partial charge in [-0.3, -0.25) is 4.98 Å². The second-order valence-electron chi connectivity index (χ2n) is 5.82. The van der Waals surface area contributed by atoms with Crippen LogP contribution in [-0.2, 0) is 13.1 Å². The van der Waals surface area contributed by atoms with Gasteiger partial charge in [-0.2, -0.15) is 0 Å². The fourth-order valence-electron chi connectivity index (χ4n) is 2.61. The highest BCUT2D eigenvalue weighted by Gasteiger charge is 2.00. The Morgan fingerprint density at radius 3 is 2.60 bits per heavy atom. The molecule has 3 N–H and O–H groups in total. The Hall–Kier alpha value is -2.14. The Bertz CT molecular complexity index is 790. The van der Waals surface area contributed by atoms with E-state index < -0.39 is 0 Å². The van der Waals surface area contributed by atoms with E-state index in [0.717, 1.165) is 24.4 Å². The minimum Gasteiger partial charge on any atom is -0.326 e. The fourth-order valence-corrected chi connectivity index (χ4v) is 3.50. The molecule has 0 aliphatic rings. The number of thioether (sulfide) groups is 1. The molecule has 0 atom stereocenters. The lowest BCUT2D eigenvalue weighted by Crippen LogP contribution is -2.16. The van der Waals surface area contributed by atoms with Crippen LogP contribution in [0.3, 0.4) is 0 Å². The summed E-state index contributed by atoms with van der Waals surface area (Å²) in [7, 11) is 0. The molecule has 0 saturated carbocycles. The Kier molecular flexibility index (Phi) is 6.63. The second-order valence-corrected chi connectivity index (χ2v) is 6.99. The first-order valence-corrected chi connectivity index (χ1v) is 9.45. The molecular formula is C21H23N3S. The average Bonchev–Trinajstić information content (AvgIpc) is 2.69. The third-order valence-corrected chi connectivity index (χ3v) is 4.91. The van der Waals surface area contributed by atoms with Gasteiger partial charge < -0.3 is 11.1 Å². The monoisotopic (exact) mass is 349 g/mol. The number of nitrogens with zero attached hydrogens (tertiary/aromatic N) is 1. The number of aromatic nitrogens is 1. The summed E-state index contributed by atoms with van der Waals surface area (Å²) in [6.07, 6.45) is 3.84. The fraction of sp³-hybridized carbons (Fsp3) is 0.190. The zero-order valence-corrected chi connectivity index (χ0v) is 15.0. The summed E-state index contributed by atoms with van der Waals surface area (Å²) in [5, 5.41) is 3.49. The lowest BCUT2D eigenvalue weighted by molar-refractivity contribution is 0.730. The van der Waals surface area contributed by atoms with Crippen LogP contribution >= 0.6 is 11.8 Å². The third kappa shape index (κ3) is 5.43. The highest BCUT2D eigenvalue weighted by atomic mass is 32.2. The molecule has 2 aromatic carbocycles. The third-order valence-electron chi connectivity index (χ3n) is 3.91. The zero-order valence-electron chi connectivity index (χ0n) is 14.2. The van der Waals surface area contributed by atoms with Gasteiger partial charge in [0, 0.05) is 48.2 Å². The summed E-state index contributed by atoms with van der Waals surface area (Å²) in [6, 6.07) is 21.0. The van der Waals surface area contributed by atoms with Crippen molar-refractivity contribution in [3.05, 3.63) is 84.2 Å². The largest absolute Gasteiger partial charge is 0.326 e. The number of nitrogens with two attached hydrogens (primary N) is 1. The molecule has 0 saturated heterocycles. The summed E-state index contributed by atoms with van der Waals surface area (Å²) < 4.78 is 0. The first-order valence-electron chi connectivity index (χ1n) is 8.47. The second kappa shape index (κ2) is 9.37. The Labute approximate surface area is 153 Å². The molecule has 1 aromatic heterocycles. The van der Waals surface area contributed by atoms with Gasteiger partial charge in [-0.15, -0.1) is 11.8 Å². The van der Waals surface area contributed by atoms with Gasteiger partial charge in [0.15, 0.2) is 0 Å². The summed E-state index contributed by atoms with van der Waals surface area (Å²) in [4.78, 5) is 5.64. The first kappa shape index (κ1) is 17.7. The van der Waals surface area contributed by atoms with Gasteiger partial charge >= 0.3 is 0 Å². The summed E-state index contributed by atoms with van der Waals surface area (Å²) >= 11 is 1.85. The van der Waals surface area contributed by atoms with Crippen molar-refractivity contribution in [3.8, 4) is 11.1 Å². The molecule has 0 radical (unpaired) electrons. The van der Waals surface area contributed by atoms with E-state index in [4.69, 9.17) is 5.73 Å². The van der Waals surface area contributed by atoms with Gasteiger partial charge in [-0.1, -0.05) is 42.5 Å². The minimum atomic E-state index is 0.595. The van der Waals surface area contributed by atoms with Crippen molar-refractivity contribution in [2.24, 2.45) is 5.73 Å². The molecule has 3 nitrogen and oxygen atoms in total. The van der Waals surface area contributed by atoms with Crippen LogP contribution < -0.4 is 11.1 Å². The van der Waals surface area contributed by atoms with Crippen LogP contribution in [0.1, 0.15) is 11.1 Å². The van der Waals surface area contributed by atoms with Crippen LogP contribution in [0.15, 0.2) is 78.0 Å². The van der Waals surface area contributed by atoms with E-state index in [9.17, 15) is 0 Å². The maximum absolute atomic E-state index is 5.69. The molecule has 3 rings (SSSR count). The van der Waals surface area contributed by atoms with Crippen molar-refractivity contribution < 1.29 is 0 Å². The van der Waals surface area contributed by atoms with Crippen LogP contribution in [-0.4, -0.2) is 17.3 Å². The van der Waals surface area contributed by atoms with Crippen molar-refractivity contribution in [1.29, 1.82) is 0 Å². The quantitative estimate of drug-likeness (QED) is 0.475. The lowest BCUT2D eigenvalue weighted by Gasteiger charge is -2.07. The highest BCUT2D eigenvalue weighted by Crippen LogP contribution is 2.19. The van der Waals surface area contributed by atoms with Crippen LogP contribution in [0, 0.1) is 0 Å². The summed E-state index contributed by atoms with van der Waals surface area (Å²) in [6.45, 7) is 2.38. The van der Waals surface area contributed by atoms with E-state index in [1.54, 1.807) is 0 Å². The molecule has 0 spiro atoms. The topological polar surface area (TPSA) is 50.9 Å². The van der Waals surface area contributed by atoms with Crippen molar-refractivity contribution in [1.82, 2.24) is 10.3 Å². The molecule has 3 aromatic rings. The van der Waals surface area contributed by atoms with E-state index in [0.29, 0.717) is 6.54 Å². The molecule has 0 unspecified atom stereocenters. The molecule has 0 fully saturated rings. The normalized spacial score (nSPS) is 10.8. The van der Waals surface area contributed by atoms with Gasteiger partial charge in [-0.05, 0) is 34.9 Å². The van der Waals surface area contributed by atoms with E-state index in [1.165, 1.54) is 21.6 Å². The number of hydrogen-bond acceptors (Lipinski definition) is 4. The number of rotatable bonds is 8. The Morgan fingerprint density at radius 1 is 0.880 bits per heavy atom. The van der Waals surface area contributed by atoms with Crippen molar-refractivity contribution >= 4 is 11.8 Å². The molecule has 1 heterocycles. The maximum atomic E-state index is 5.69. The molecule has 0 aliphatic heterocycles. The number of pyridine rings is 1. The van der Waals surface area contributed by atoms with Gasteiger partial charge in [0.25, 0.3) is 0 Å². The smallest absolute Gasteiger partial charge is 0.0346 e. The highest BCUT2D eigenvalue weighted by molar-refractivity contribution is 7.99. The standard InChI is InChI=1S/C21H23N3S/c22-13-17-5-4-8-21(12-17)25-10-9-23-14-18-11-20(16-24-15-18)19-6-2-1-3-7-19/h1-8,11-12,15-16,23H,9-10,13-14,22H2. The van der Waals surface area contributed by atoms with Crippen LogP contribution in [0.4, 0.5) is 0 Å². The van der Waals surface area contributed by atoms with Gasteiger partial charge in [-0.25, -0.2) is 0 Å². The molecule has 0 aliphatic carbocycles. The van der Waals surface area contributed by atoms with Crippen molar-refractivity contribution in [2.45, 2.75) is 18.0 Å². The SMILES string of the molecule is NCc1cccc(SCCNCc2cncc(-c3ccccc3)c2)c1. The molecule has 25 heavy (non-hydrogen) atoms. The van der Waals surface area contributed by atoms with Crippen LogP contribution in [0.25, 0.3) is 11.1 Å². The molecule has 0 amide bonds. The van der Waals surface area contributed by atoms with Gasteiger partial charge in [0.1, 0.15) is 0 Å². The van der Waals surface area contributed by atoms with Gasteiger partial charge in [0.2, 0.25) is 0 Å². The van der Waals surface area contributed by atoms with Crippen LogP contribution in [0.2, 0.25) is 0 Å². The Balaban J connectivity index is 1.46. The lowest BCUT2D eigenvalue weighted by atomic mass is 10.1. The summed E-state index contributed by atoms with van der Waals surface area (Å²) in [5.41, 5.74) is 10.4. The van der Waals surface area contributed by atoms with E-state index in [-0.39, 0.29) is 0 Å². The maximum Gasteiger partial charge on any atom is 0.0346 e. The molecule has 128 valence electrons. The first-order chi connectivity index (χ1) is 12.3.